The summed E-state index contributed by atoms with van der Waals surface area (Å²) in [5.74, 6) is 0.678. The van der Waals surface area contributed by atoms with E-state index in [1.54, 1.807) is 4.90 Å². The van der Waals surface area contributed by atoms with E-state index in [4.69, 9.17) is 5.73 Å². The zero-order valence-electron chi connectivity index (χ0n) is 12.2. The minimum atomic E-state index is -0.822. The highest BCUT2D eigenvalue weighted by Gasteiger charge is 2.43. The van der Waals surface area contributed by atoms with Gasteiger partial charge in [0.1, 0.15) is 0 Å². The van der Waals surface area contributed by atoms with Gasteiger partial charge in [0.15, 0.2) is 0 Å². The maximum atomic E-state index is 11.4. The van der Waals surface area contributed by atoms with E-state index in [9.17, 15) is 9.90 Å². The minimum absolute atomic E-state index is 0.294. The predicted octanol–water partition coefficient (Wildman–Crippen LogP) is 2.90. The average molecular weight is 276 g/mol. The van der Waals surface area contributed by atoms with Crippen LogP contribution in [0.4, 0.5) is 4.79 Å². The van der Waals surface area contributed by atoms with Gasteiger partial charge in [0, 0.05) is 12.1 Å². The van der Waals surface area contributed by atoms with E-state index in [2.05, 4.69) is 12.1 Å². The first-order valence-corrected chi connectivity index (χ1v) is 7.21. The zero-order valence-corrected chi connectivity index (χ0v) is 12.2. The first-order valence-electron chi connectivity index (χ1n) is 7.21. The lowest BCUT2D eigenvalue weighted by molar-refractivity contribution is 0.116. The second kappa shape index (κ2) is 5.83. The van der Waals surface area contributed by atoms with Gasteiger partial charge in [-0.25, -0.2) is 4.79 Å². The van der Waals surface area contributed by atoms with Crippen molar-refractivity contribution >= 4 is 6.09 Å². The summed E-state index contributed by atoms with van der Waals surface area (Å²) in [5.41, 5.74) is 6.74. The highest BCUT2D eigenvalue weighted by molar-refractivity contribution is 5.66. The Hall–Kier alpha value is -1.55. The molecule has 1 aromatic rings. The van der Waals surface area contributed by atoms with Crippen molar-refractivity contribution in [2.45, 2.75) is 38.1 Å². The minimum Gasteiger partial charge on any atom is -0.465 e. The fourth-order valence-electron chi connectivity index (χ4n) is 3.46. The van der Waals surface area contributed by atoms with Crippen LogP contribution in [0.1, 0.15) is 38.2 Å². The van der Waals surface area contributed by atoms with E-state index < -0.39 is 6.09 Å². The van der Waals surface area contributed by atoms with E-state index in [1.165, 1.54) is 5.56 Å². The molecule has 0 radical (unpaired) electrons. The average Bonchev–Trinajstić information content (AvgIpc) is 2.72. The molecule has 1 saturated heterocycles. The van der Waals surface area contributed by atoms with Crippen molar-refractivity contribution < 1.29 is 9.90 Å². The fraction of sp³-hybridized carbons (Fsp3) is 0.562. The van der Waals surface area contributed by atoms with Gasteiger partial charge in [-0.15, -0.1) is 0 Å². The van der Waals surface area contributed by atoms with Gasteiger partial charge in [-0.3, -0.25) is 0 Å². The van der Waals surface area contributed by atoms with Crippen molar-refractivity contribution in [1.29, 1.82) is 0 Å². The summed E-state index contributed by atoms with van der Waals surface area (Å²) in [6.45, 7) is 5.24. The number of carbonyl (C=O) groups is 1. The van der Waals surface area contributed by atoms with Crippen LogP contribution in [0.15, 0.2) is 30.3 Å². The molecule has 2 unspecified atom stereocenters. The molecule has 1 amide bonds. The van der Waals surface area contributed by atoms with E-state index in [-0.39, 0.29) is 5.54 Å². The largest absolute Gasteiger partial charge is 0.465 e. The number of hydrogen-bond donors (Lipinski definition) is 2. The molecule has 1 heterocycles. The van der Waals surface area contributed by atoms with E-state index in [0.29, 0.717) is 24.9 Å². The summed E-state index contributed by atoms with van der Waals surface area (Å²) in [5, 5.41) is 9.35. The molecule has 2 rings (SSSR count). The number of carboxylic acid groups (broad SMARTS) is 1. The van der Waals surface area contributed by atoms with E-state index in [0.717, 1.165) is 12.8 Å². The van der Waals surface area contributed by atoms with Crippen LogP contribution in [-0.4, -0.2) is 34.7 Å². The number of benzene rings is 1. The number of nitrogens with two attached hydrogens (primary N) is 1. The molecule has 20 heavy (non-hydrogen) atoms. The molecule has 110 valence electrons. The lowest BCUT2D eigenvalue weighted by Crippen LogP contribution is -2.41. The number of hydrogen-bond acceptors (Lipinski definition) is 2. The maximum absolute atomic E-state index is 11.4. The second-order valence-corrected chi connectivity index (χ2v) is 6.26. The summed E-state index contributed by atoms with van der Waals surface area (Å²) < 4.78 is 0. The third-order valence-electron chi connectivity index (χ3n) is 4.41. The normalized spacial score (nSPS) is 22.8. The van der Waals surface area contributed by atoms with Gasteiger partial charge < -0.3 is 15.7 Å². The van der Waals surface area contributed by atoms with Crippen LogP contribution < -0.4 is 5.73 Å². The Kier molecular flexibility index (Phi) is 4.33. The van der Waals surface area contributed by atoms with Gasteiger partial charge in [0.05, 0.1) is 0 Å². The first kappa shape index (κ1) is 14.9. The number of nitrogens with zero attached hydrogens (tertiary/aromatic N) is 1. The van der Waals surface area contributed by atoms with Gasteiger partial charge in [-0.2, -0.15) is 0 Å². The van der Waals surface area contributed by atoms with Crippen LogP contribution >= 0.6 is 0 Å². The van der Waals surface area contributed by atoms with Crippen LogP contribution in [0.5, 0.6) is 0 Å². The van der Waals surface area contributed by atoms with Gasteiger partial charge in [-0.1, -0.05) is 30.3 Å². The quantitative estimate of drug-likeness (QED) is 0.888. The topological polar surface area (TPSA) is 66.6 Å². The molecule has 0 aromatic heterocycles. The molecule has 0 saturated carbocycles. The molecule has 1 aromatic carbocycles. The summed E-state index contributed by atoms with van der Waals surface area (Å²) in [6, 6.07) is 10.3. The highest BCUT2D eigenvalue weighted by atomic mass is 16.4. The molecule has 1 aliphatic heterocycles. The number of amides is 1. The zero-order chi connectivity index (χ0) is 14.8. The third-order valence-corrected chi connectivity index (χ3v) is 4.41. The third kappa shape index (κ3) is 2.96. The lowest BCUT2D eigenvalue weighted by Gasteiger charge is -2.28. The predicted molar refractivity (Wildman–Crippen MR) is 79.8 cm³/mol. The summed E-state index contributed by atoms with van der Waals surface area (Å²) in [6.07, 6.45) is 0.967. The Morgan fingerprint density at radius 3 is 2.60 bits per heavy atom. The maximum Gasteiger partial charge on any atom is 0.407 e. The molecule has 3 N–H and O–H groups in total. The Bertz CT molecular complexity index is 459. The first-order chi connectivity index (χ1) is 9.45. The van der Waals surface area contributed by atoms with Gasteiger partial charge in [0.25, 0.3) is 0 Å². The van der Waals surface area contributed by atoms with Crippen molar-refractivity contribution in [2.75, 3.05) is 13.1 Å². The van der Waals surface area contributed by atoms with Gasteiger partial charge in [0.2, 0.25) is 0 Å². The monoisotopic (exact) mass is 276 g/mol. The standard InChI is InChI=1S/C16H24N2O2/c1-16(2)10-13(11-18(16)15(19)20)14(8-9-17)12-6-4-3-5-7-12/h3-7,13-14H,8-11,17H2,1-2H3,(H,19,20). The molecule has 0 bridgehead atoms. The molecule has 0 spiro atoms. The second-order valence-electron chi connectivity index (χ2n) is 6.26. The van der Waals surface area contributed by atoms with Crippen molar-refractivity contribution in [3.8, 4) is 0 Å². The molecule has 1 fully saturated rings. The Labute approximate surface area is 120 Å². The lowest BCUT2D eigenvalue weighted by atomic mass is 9.80. The van der Waals surface area contributed by atoms with Crippen LogP contribution in [0.3, 0.4) is 0 Å². The molecule has 1 aliphatic rings. The van der Waals surface area contributed by atoms with Crippen molar-refractivity contribution in [3.05, 3.63) is 35.9 Å². The molecular weight excluding hydrogens is 252 g/mol. The van der Waals surface area contributed by atoms with E-state index >= 15 is 0 Å². The SMILES string of the molecule is CC1(C)CC(C(CCN)c2ccccc2)CN1C(=O)O. The summed E-state index contributed by atoms with van der Waals surface area (Å²) in [4.78, 5) is 13.0. The summed E-state index contributed by atoms with van der Waals surface area (Å²) >= 11 is 0. The molecule has 0 aliphatic carbocycles. The Balaban J connectivity index is 2.22. The Morgan fingerprint density at radius 1 is 1.45 bits per heavy atom. The molecular formula is C16H24N2O2. The molecule has 4 nitrogen and oxygen atoms in total. The summed E-state index contributed by atoms with van der Waals surface area (Å²) in [7, 11) is 0. The highest BCUT2D eigenvalue weighted by Crippen LogP contribution is 2.41. The van der Waals surface area contributed by atoms with Crippen molar-refractivity contribution in [1.82, 2.24) is 4.90 Å². The van der Waals surface area contributed by atoms with Crippen molar-refractivity contribution in [3.63, 3.8) is 0 Å². The number of rotatable bonds is 4. The van der Waals surface area contributed by atoms with Crippen LogP contribution in [-0.2, 0) is 0 Å². The number of likely N-dealkylation sites (tertiary alicyclic amines) is 1. The fourth-order valence-corrected chi connectivity index (χ4v) is 3.46. The van der Waals surface area contributed by atoms with Crippen molar-refractivity contribution in [2.24, 2.45) is 11.7 Å². The smallest absolute Gasteiger partial charge is 0.407 e. The molecule has 2 atom stereocenters. The van der Waals surface area contributed by atoms with Crippen LogP contribution in [0.2, 0.25) is 0 Å². The van der Waals surface area contributed by atoms with Gasteiger partial charge in [-0.05, 0) is 50.6 Å². The van der Waals surface area contributed by atoms with Gasteiger partial charge >= 0.3 is 6.09 Å². The van der Waals surface area contributed by atoms with E-state index in [1.807, 2.05) is 32.0 Å². The Morgan fingerprint density at radius 2 is 2.10 bits per heavy atom. The van der Waals surface area contributed by atoms with Crippen LogP contribution in [0.25, 0.3) is 0 Å². The van der Waals surface area contributed by atoms with Crippen LogP contribution in [0, 0.1) is 5.92 Å². The molecule has 4 heteroatoms.